The molecule has 1 N–H and O–H groups in total. The lowest BCUT2D eigenvalue weighted by Crippen LogP contribution is -2.29. The van der Waals surface area contributed by atoms with E-state index in [1.807, 2.05) is 48.5 Å². The van der Waals surface area contributed by atoms with Crippen molar-refractivity contribution in [1.29, 1.82) is 0 Å². The molecule has 2 rings (SSSR count). The molecule has 8 heteroatoms. The third kappa shape index (κ3) is 7.36. The van der Waals surface area contributed by atoms with E-state index < -0.39 is 0 Å². The van der Waals surface area contributed by atoms with Gasteiger partial charge in [-0.25, -0.2) is 0 Å². The van der Waals surface area contributed by atoms with Crippen molar-refractivity contribution in [2.45, 2.75) is 13.0 Å². The Hall–Kier alpha value is -2.64. The van der Waals surface area contributed by atoms with Crippen molar-refractivity contribution in [1.82, 2.24) is 5.32 Å². The van der Waals surface area contributed by atoms with Gasteiger partial charge in [-0.15, -0.1) is 0 Å². The van der Waals surface area contributed by atoms with Crippen LogP contribution in [0.15, 0.2) is 62.8 Å². The fourth-order valence-corrected chi connectivity index (χ4v) is 2.87. The van der Waals surface area contributed by atoms with Gasteiger partial charge >= 0.3 is 0 Å². The molecular formula is C21H21BrClN3O3. The van der Waals surface area contributed by atoms with Crippen LogP contribution in [-0.4, -0.2) is 32.0 Å². The second kappa shape index (κ2) is 12.0. The molecule has 0 heterocycles. The molecule has 0 aromatic heterocycles. The summed E-state index contributed by atoms with van der Waals surface area (Å²) in [6.07, 6.45) is 4.13. The maximum atomic E-state index is 12.1. The van der Waals surface area contributed by atoms with Crippen LogP contribution in [0.5, 0.6) is 0 Å². The van der Waals surface area contributed by atoms with E-state index in [9.17, 15) is 4.79 Å². The lowest BCUT2D eigenvalue weighted by molar-refractivity contribution is -0.114. The first-order chi connectivity index (χ1) is 14.0. The van der Waals surface area contributed by atoms with Gasteiger partial charge in [-0.2, -0.15) is 0 Å². The number of likely N-dealkylation sites (N-methyl/N-ethyl adjacent to an activating group) is 1. The summed E-state index contributed by atoms with van der Waals surface area (Å²) in [6, 6.07) is 15.2. The number of hydrogen-bond donors (Lipinski definition) is 1. The maximum absolute atomic E-state index is 12.1. The zero-order valence-electron chi connectivity index (χ0n) is 16.1. The van der Waals surface area contributed by atoms with E-state index in [1.54, 1.807) is 12.3 Å². The van der Waals surface area contributed by atoms with Gasteiger partial charge in [-0.05, 0) is 33.1 Å². The molecule has 0 aliphatic rings. The van der Waals surface area contributed by atoms with Gasteiger partial charge in [0.05, 0.1) is 3.94 Å². The summed E-state index contributed by atoms with van der Waals surface area (Å²) in [5.74, 6) is -0.345. The molecule has 0 fully saturated rings. The largest absolute Gasteiger partial charge is 0.398 e. The van der Waals surface area contributed by atoms with Crippen LogP contribution in [0.4, 0.5) is 0 Å². The molecule has 0 saturated heterocycles. The highest BCUT2D eigenvalue weighted by atomic mass is 79.9. The molecule has 2 aromatic carbocycles. The zero-order chi connectivity index (χ0) is 21.1. The molecule has 0 bridgehead atoms. The van der Waals surface area contributed by atoms with Crippen LogP contribution in [0.1, 0.15) is 22.3 Å². The average Bonchev–Trinajstić information content (AvgIpc) is 2.72. The number of carbonyl (C=O) groups is 1. The zero-order valence-corrected chi connectivity index (χ0v) is 18.4. The average molecular weight is 479 g/mol. The van der Waals surface area contributed by atoms with Crippen molar-refractivity contribution in [3.05, 3.63) is 74.7 Å². The molecular weight excluding hydrogens is 458 g/mol. The van der Waals surface area contributed by atoms with E-state index >= 15 is 0 Å². The lowest BCUT2D eigenvalue weighted by atomic mass is 10.0. The van der Waals surface area contributed by atoms with Gasteiger partial charge in [0.15, 0.2) is 5.71 Å². The van der Waals surface area contributed by atoms with Crippen LogP contribution in [0.2, 0.25) is 0 Å². The van der Waals surface area contributed by atoms with Crippen LogP contribution < -0.4 is 5.32 Å². The van der Waals surface area contributed by atoms with Gasteiger partial charge in [0.1, 0.15) is 13.7 Å². The minimum atomic E-state index is -0.345. The predicted molar refractivity (Wildman–Crippen MR) is 120 cm³/mol. The summed E-state index contributed by atoms with van der Waals surface area (Å²) >= 11 is 8.99. The van der Waals surface area contributed by atoms with Gasteiger partial charge in [0, 0.05) is 30.8 Å². The molecule has 0 atom stereocenters. The summed E-state index contributed by atoms with van der Waals surface area (Å²) < 4.78 is 0.551. The molecule has 0 radical (unpaired) electrons. The van der Waals surface area contributed by atoms with Gasteiger partial charge in [-0.3, -0.25) is 4.79 Å². The molecule has 2 aromatic rings. The fourth-order valence-electron chi connectivity index (χ4n) is 2.48. The third-order valence-electron chi connectivity index (χ3n) is 3.85. The van der Waals surface area contributed by atoms with E-state index in [0.29, 0.717) is 15.9 Å². The van der Waals surface area contributed by atoms with Crippen LogP contribution >= 0.6 is 27.5 Å². The highest BCUT2D eigenvalue weighted by molar-refractivity contribution is 9.12. The summed E-state index contributed by atoms with van der Waals surface area (Å²) in [4.78, 5) is 22.3. The maximum Gasteiger partial charge on any atom is 0.273 e. The van der Waals surface area contributed by atoms with E-state index in [4.69, 9.17) is 21.3 Å². The van der Waals surface area contributed by atoms with Gasteiger partial charge < -0.3 is 15.0 Å². The van der Waals surface area contributed by atoms with E-state index in [1.165, 1.54) is 14.2 Å². The normalized spacial score (nSPS) is 12.1. The Morgan fingerprint density at radius 3 is 2.59 bits per heavy atom. The second-order valence-electron chi connectivity index (χ2n) is 5.80. The van der Waals surface area contributed by atoms with E-state index in [2.05, 4.69) is 31.6 Å². The highest BCUT2D eigenvalue weighted by Gasteiger charge is 2.17. The summed E-state index contributed by atoms with van der Waals surface area (Å²) in [7, 11) is 2.93. The Balaban J connectivity index is 1.98. The number of amides is 1. The van der Waals surface area contributed by atoms with Gasteiger partial charge in [-0.1, -0.05) is 70.4 Å². The number of carbonyl (C=O) groups excluding carboxylic acids is 1. The standard InChI is InChI=1S/C21H21BrClN3O3/c1-24-21(27)20(26-28-2)18-6-4-3-5-17(18)14-29-25-12-11-15-7-9-16(10-8-15)13-19(22)23/h3-10,12-13H,11,14H2,1-2H3,(H,24,27)/b19-13+,25-12+,26-20-. The number of benzene rings is 2. The summed E-state index contributed by atoms with van der Waals surface area (Å²) in [5.41, 5.74) is 3.67. The molecule has 0 spiro atoms. The van der Waals surface area contributed by atoms with Crippen LogP contribution in [-0.2, 0) is 27.5 Å². The highest BCUT2D eigenvalue weighted by Crippen LogP contribution is 2.16. The van der Waals surface area contributed by atoms with Crippen molar-refractivity contribution < 1.29 is 14.5 Å². The van der Waals surface area contributed by atoms with E-state index in [-0.39, 0.29) is 18.2 Å². The molecule has 0 saturated carbocycles. The van der Waals surface area contributed by atoms with Crippen LogP contribution in [0.25, 0.3) is 6.08 Å². The topological polar surface area (TPSA) is 72.3 Å². The number of rotatable bonds is 9. The minimum Gasteiger partial charge on any atom is -0.398 e. The Morgan fingerprint density at radius 2 is 1.93 bits per heavy atom. The smallest absolute Gasteiger partial charge is 0.273 e. The fraction of sp³-hybridized carbons (Fsp3) is 0.190. The Morgan fingerprint density at radius 1 is 1.21 bits per heavy atom. The molecule has 152 valence electrons. The molecule has 6 nitrogen and oxygen atoms in total. The molecule has 0 unspecified atom stereocenters. The van der Waals surface area contributed by atoms with Crippen molar-refractivity contribution in [2.75, 3.05) is 14.2 Å². The van der Waals surface area contributed by atoms with Crippen molar-refractivity contribution in [3.63, 3.8) is 0 Å². The Bertz CT molecular complexity index is 908. The third-order valence-corrected chi connectivity index (χ3v) is 4.19. The lowest BCUT2D eigenvalue weighted by Gasteiger charge is -2.09. The molecule has 0 aliphatic heterocycles. The van der Waals surface area contributed by atoms with Gasteiger partial charge in [0.25, 0.3) is 5.91 Å². The van der Waals surface area contributed by atoms with Crippen molar-refractivity contribution in [2.24, 2.45) is 10.3 Å². The monoisotopic (exact) mass is 477 g/mol. The Labute approximate surface area is 183 Å². The van der Waals surface area contributed by atoms with Crippen molar-refractivity contribution >= 4 is 51.4 Å². The number of oxime groups is 2. The first kappa shape index (κ1) is 22.6. The first-order valence-corrected chi connectivity index (χ1v) is 9.89. The minimum absolute atomic E-state index is 0.177. The first-order valence-electron chi connectivity index (χ1n) is 8.72. The number of nitrogens with zero attached hydrogens (tertiary/aromatic N) is 2. The second-order valence-corrected chi connectivity index (χ2v) is 7.52. The SMILES string of the molecule is CNC(=O)/C(=N\OC)c1ccccc1CO/N=C/Cc1ccc(/C=C(/Cl)Br)cc1. The summed E-state index contributed by atoms with van der Waals surface area (Å²) in [5, 5.41) is 10.4. The van der Waals surface area contributed by atoms with Crippen LogP contribution in [0.3, 0.4) is 0 Å². The molecule has 1 amide bonds. The number of halogens is 2. The quantitative estimate of drug-likeness (QED) is 0.427. The Kier molecular flexibility index (Phi) is 9.40. The summed E-state index contributed by atoms with van der Waals surface area (Å²) in [6.45, 7) is 0.194. The number of nitrogens with one attached hydrogen (secondary N) is 1. The van der Waals surface area contributed by atoms with Gasteiger partial charge in [0.2, 0.25) is 0 Å². The molecule has 29 heavy (non-hydrogen) atoms. The van der Waals surface area contributed by atoms with E-state index in [0.717, 1.165) is 16.7 Å². The van der Waals surface area contributed by atoms with Crippen LogP contribution in [0, 0.1) is 0 Å². The van der Waals surface area contributed by atoms with Crippen molar-refractivity contribution in [3.8, 4) is 0 Å². The number of hydrogen-bond acceptors (Lipinski definition) is 5. The molecule has 0 aliphatic carbocycles. The predicted octanol–water partition coefficient (Wildman–Crippen LogP) is 4.46.